The lowest BCUT2D eigenvalue weighted by Gasteiger charge is -2.22. The fraction of sp³-hybridized carbons (Fsp3) is 0.261. The van der Waals surface area contributed by atoms with Gasteiger partial charge < -0.3 is 15.2 Å². The number of carbonyl (C=O) groups excluding carboxylic acids is 1. The highest BCUT2D eigenvalue weighted by molar-refractivity contribution is 5.92. The summed E-state index contributed by atoms with van der Waals surface area (Å²) in [4.78, 5) is 36.4. The van der Waals surface area contributed by atoms with Crippen LogP contribution in [0.15, 0.2) is 65.5 Å². The van der Waals surface area contributed by atoms with E-state index in [9.17, 15) is 19.5 Å². The van der Waals surface area contributed by atoms with E-state index in [1.54, 1.807) is 48.5 Å². The second-order valence-corrected chi connectivity index (χ2v) is 8.09. The van der Waals surface area contributed by atoms with Gasteiger partial charge in [0.25, 0.3) is 11.5 Å². The molecule has 1 unspecified atom stereocenters. The van der Waals surface area contributed by atoms with Crippen molar-refractivity contribution in [1.29, 1.82) is 0 Å². The minimum Gasteiger partial charge on any atom is -0.488 e. The first-order chi connectivity index (χ1) is 14.6. The molecule has 0 aliphatic heterocycles. The lowest BCUT2D eigenvalue weighted by Crippen LogP contribution is -2.30. The Labute approximate surface area is 179 Å². The molecule has 0 aliphatic carbocycles. The summed E-state index contributed by atoms with van der Waals surface area (Å²) in [7, 11) is 0. The largest absolute Gasteiger partial charge is 0.488 e. The molecule has 8 heteroatoms. The molecule has 31 heavy (non-hydrogen) atoms. The quantitative estimate of drug-likeness (QED) is 0.540. The predicted octanol–water partition coefficient (Wildman–Crippen LogP) is 3.29. The summed E-state index contributed by atoms with van der Waals surface area (Å²) in [5, 5.41) is 14.8. The third kappa shape index (κ3) is 5.85. The molecular weight excluding hydrogens is 398 g/mol. The standard InChI is InChI=1S/C23H25N3O5/c1-23(2,3)31-17-11-9-15(10-12-17)18(14-21(28)29)24-22(30)19-13-20(27)26(25-19)16-7-5-4-6-8-16/h4-13,18,25H,14H2,1-3H3,(H,24,30)(H,28,29). The van der Waals surface area contributed by atoms with Gasteiger partial charge >= 0.3 is 5.97 Å². The summed E-state index contributed by atoms with van der Waals surface area (Å²) in [6.07, 6.45) is -0.311. The van der Waals surface area contributed by atoms with Crippen LogP contribution >= 0.6 is 0 Å². The topological polar surface area (TPSA) is 113 Å². The Balaban J connectivity index is 1.81. The second-order valence-electron chi connectivity index (χ2n) is 8.09. The maximum absolute atomic E-state index is 12.7. The lowest BCUT2D eigenvalue weighted by atomic mass is 10.0. The molecule has 0 spiro atoms. The molecule has 1 aromatic heterocycles. The molecule has 162 valence electrons. The van der Waals surface area contributed by atoms with E-state index >= 15 is 0 Å². The van der Waals surface area contributed by atoms with Crippen molar-refractivity contribution >= 4 is 11.9 Å². The summed E-state index contributed by atoms with van der Waals surface area (Å²) >= 11 is 0. The summed E-state index contributed by atoms with van der Waals surface area (Å²) in [6, 6.07) is 16.1. The molecule has 2 aromatic carbocycles. The highest BCUT2D eigenvalue weighted by atomic mass is 16.5. The Morgan fingerprint density at radius 2 is 1.74 bits per heavy atom. The number of hydrogen-bond donors (Lipinski definition) is 3. The van der Waals surface area contributed by atoms with Crippen molar-refractivity contribution in [2.24, 2.45) is 0 Å². The number of carboxylic acids is 1. The maximum atomic E-state index is 12.7. The number of aromatic nitrogens is 2. The second kappa shape index (κ2) is 8.91. The van der Waals surface area contributed by atoms with Crippen molar-refractivity contribution in [3.05, 3.63) is 82.3 Å². The zero-order valence-electron chi connectivity index (χ0n) is 17.6. The SMILES string of the molecule is CC(C)(C)Oc1ccc(C(CC(=O)O)NC(=O)c2cc(=O)n(-c3ccccc3)[nH]2)cc1. The van der Waals surface area contributed by atoms with Crippen LogP contribution in [0.2, 0.25) is 0 Å². The van der Waals surface area contributed by atoms with Crippen LogP contribution in [-0.4, -0.2) is 32.4 Å². The van der Waals surface area contributed by atoms with Gasteiger partial charge in [-0.25, -0.2) is 4.68 Å². The van der Waals surface area contributed by atoms with Crippen molar-refractivity contribution in [2.75, 3.05) is 0 Å². The van der Waals surface area contributed by atoms with Crippen LogP contribution in [0.25, 0.3) is 5.69 Å². The molecule has 0 aliphatic rings. The van der Waals surface area contributed by atoms with Gasteiger partial charge in [-0.15, -0.1) is 0 Å². The lowest BCUT2D eigenvalue weighted by molar-refractivity contribution is -0.137. The molecule has 3 aromatic rings. The maximum Gasteiger partial charge on any atom is 0.305 e. The first-order valence-electron chi connectivity index (χ1n) is 9.81. The fourth-order valence-electron chi connectivity index (χ4n) is 3.07. The number of amides is 1. The molecule has 0 saturated heterocycles. The highest BCUT2D eigenvalue weighted by Crippen LogP contribution is 2.23. The van der Waals surface area contributed by atoms with E-state index in [4.69, 9.17) is 4.74 Å². The first kappa shape index (κ1) is 21.9. The van der Waals surface area contributed by atoms with E-state index in [0.717, 1.165) is 0 Å². The number of aliphatic carboxylic acids is 1. The van der Waals surface area contributed by atoms with Crippen molar-refractivity contribution in [3.63, 3.8) is 0 Å². The van der Waals surface area contributed by atoms with Crippen LogP contribution in [0, 0.1) is 0 Å². The van der Waals surface area contributed by atoms with Crippen molar-refractivity contribution < 1.29 is 19.4 Å². The number of aromatic amines is 1. The van der Waals surface area contributed by atoms with Crippen LogP contribution in [0.1, 0.15) is 49.3 Å². The third-order valence-electron chi connectivity index (χ3n) is 4.37. The zero-order chi connectivity index (χ0) is 22.6. The minimum atomic E-state index is -1.06. The minimum absolute atomic E-state index is 0.0388. The van der Waals surface area contributed by atoms with E-state index in [2.05, 4.69) is 10.4 Å². The smallest absolute Gasteiger partial charge is 0.305 e. The van der Waals surface area contributed by atoms with Crippen molar-refractivity contribution in [2.45, 2.75) is 38.8 Å². The van der Waals surface area contributed by atoms with Crippen molar-refractivity contribution in [1.82, 2.24) is 15.1 Å². The Morgan fingerprint density at radius 1 is 1.10 bits per heavy atom. The Kier molecular flexibility index (Phi) is 6.29. The normalized spacial score (nSPS) is 12.2. The summed E-state index contributed by atoms with van der Waals surface area (Å²) < 4.78 is 7.03. The monoisotopic (exact) mass is 423 g/mol. The molecule has 1 amide bonds. The Hall–Kier alpha value is -3.81. The third-order valence-corrected chi connectivity index (χ3v) is 4.37. The number of hydrogen-bond acceptors (Lipinski definition) is 4. The zero-order valence-corrected chi connectivity index (χ0v) is 17.6. The van der Waals surface area contributed by atoms with Crippen LogP contribution in [0.3, 0.4) is 0 Å². The van der Waals surface area contributed by atoms with Gasteiger partial charge in [0, 0.05) is 6.07 Å². The average Bonchev–Trinajstić information content (AvgIpc) is 3.09. The molecule has 1 atom stereocenters. The number of nitrogens with one attached hydrogen (secondary N) is 2. The van der Waals surface area contributed by atoms with E-state index in [1.165, 1.54) is 10.7 Å². The average molecular weight is 423 g/mol. The molecule has 3 N–H and O–H groups in total. The highest BCUT2D eigenvalue weighted by Gasteiger charge is 2.21. The number of carboxylic acid groups (broad SMARTS) is 1. The molecule has 0 fully saturated rings. The number of para-hydroxylation sites is 1. The van der Waals surface area contributed by atoms with Crippen LogP contribution in [0.5, 0.6) is 5.75 Å². The van der Waals surface area contributed by atoms with Crippen LogP contribution in [-0.2, 0) is 4.79 Å². The van der Waals surface area contributed by atoms with Crippen molar-refractivity contribution in [3.8, 4) is 11.4 Å². The summed E-state index contributed by atoms with van der Waals surface area (Å²) in [6.45, 7) is 5.78. The van der Waals surface area contributed by atoms with Gasteiger partial charge in [-0.1, -0.05) is 30.3 Å². The van der Waals surface area contributed by atoms with Crippen LogP contribution in [0.4, 0.5) is 0 Å². The van der Waals surface area contributed by atoms with E-state index < -0.39 is 23.5 Å². The molecule has 1 heterocycles. The Morgan fingerprint density at radius 3 is 2.32 bits per heavy atom. The van der Waals surface area contributed by atoms with E-state index in [1.807, 2.05) is 26.8 Å². The first-order valence-corrected chi connectivity index (χ1v) is 9.81. The molecule has 0 bridgehead atoms. The van der Waals surface area contributed by atoms with Gasteiger partial charge in [-0.05, 0) is 50.6 Å². The number of benzene rings is 2. The number of nitrogens with zero attached hydrogens (tertiary/aromatic N) is 1. The van der Waals surface area contributed by atoms with Gasteiger partial charge in [-0.2, -0.15) is 0 Å². The van der Waals surface area contributed by atoms with E-state index in [0.29, 0.717) is 17.0 Å². The van der Waals surface area contributed by atoms with Crippen LogP contribution < -0.4 is 15.6 Å². The Bertz CT molecular complexity index is 1110. The van der Waals surface area contributed by atoms with E-state index in [-0.39, 0.29) is 17.7 Å². The molecular formula is C23H25N3O5. The molecule has 8 nitrogen and oxygen atoms in total. The number of ether oxygens (including phenoxy) is 1. The van der Waals surface area contributed by atoms with Gasteiger partial charge in [0.15, 0.2) is 0 Å². The predicted molar refractivity (Wildman–Crippen MR) is 116 cm³/mol. The fourth-order valence-corrected chi connectivity index (χ4v) is 3.07. The van der Waals surface area contributed by atoms with Gasteiger partial charge in [0.1, 0.15) is 17.0 Å². The summed E-state index contributed by atoms with van der Waals surface area (Å²) in [5.74, 6) is -0.996. The van der Waals surface area contributed by atoms with Gasteiger partial charge in [0.05, 0.1) is 18.2 Å². The molecule has 0 saturated carbocycles. The molecule has 0 radical (unpaired) electrons. The number of rotatable bonds is 7. The number of carbonyl (C=O) groups is 2. The number of H-pyrrole nitrogens is 1. The summed E-state index contributed by atoms with van der Waals surface area (Å²) in [5.41, 5.74) is 0.477. The molecule has 3 rings (SSSR count). The van der Waals surface area contributed by atoms with Gasteiger partial charge in [-0.3, -0.25) is 19.5 Å². The van der Waals surface area contributed by atoms with Gasteiger partial charge in [0.2, 0.25) is 0 Å².